The van der Waals surface area contributed by atoms with Crippen LogP contribution in [0.3, 0.4) is 0 Å². The molecule has 0 aliphatic heterocycles. The maximum Gasteiger partial charge on any atom is 0.319 e. The van der Waals surface area contributed by atoms with Crippen molar-refractivity contribution in [2.75, 3.05) is 24.3 Å². The van der Waals surface area contributed by atoms with Crippen LogP contribution in [0.25, 0.3) is 0 Å². The highest BCUT2D eigenvalue weighted by Gasteiger charge is 2.11. The predicted octanol–water partition coefficient (Wildman–Crippen LogP) is 1.55. The van der Waals surface area contributed by atoms with E-state index in [9.17, 15) is 14.4 Å². The van der Waals surface area contributed by atoms with E-state index in [2.05, 4.69) is 25.7 Å². The lowest BCUT2D eigenvalue weighted by atomic mass is 10.2. The number of ether oxygens (including phenoxy) is 1. The molecule has 2 amide bonds. The minimum absolute atomic E-state index is 0.0959. The zero-order valence-electron chi connectivity index (χ0n) is 14.5. The third-order valence-electron chi connectivity index (χ3n) is 3.37. The Hall–Kier alpha value is -3.26. The van der Waals surface area contributed by atoms with Crippen LogP contribution in [0, 0.1) is 0 Å². The van der Waals surface area contributed by atoms with E-state index in [1.807, 2.05) is 0 Å². The molecule has 2 aromatic rings. The summed E-state index contributed by atoms with van der Waals surface area (Å²) in [5, 5.41) is 8.29. The second kappa shape index (κ2) is 9.28. The van der Waals surface area contributed by atoms with E-state index in [1.165, 1.54) is 14.0 Å². The highest BCUT2D eigenvalue weighted by atomic mass is 16.5. The molecular formula is C18H20N4O4. The number of hydrogen-bond acceptors (Lipinski definition) is 6. The first kappa shape index (κ1) is 19.1. The average Bonchev–Trinajstić information content (AvgIpc) is 2.63. The second-order valence-electron chi connectivity index (χ2n) is 5.41. The largest absolute Gasteiger partial charge is 0.468 e. The van der Waals surface area contributed by atoms with Crippen molar-refractivity contribution in [1.82, 2.24) is 10.3 Å². The van der Waals surface area contributed by atoms with Crippen molar-refractivity contribution in [1.29, 1.82) is 0 Å². The van der Waals surface area contributed by atoms with E-state index < -0.39 is 5.91 Å². The van der Waals surface area contributed by atoms with Gasteiger partial charge in [-0.15, -0.1) is 0 Å². The first-order chi connectivity index (χ1) is 12.5. The van der Waals surface area contributed by atoms with Gasteiger partial charge >= 0.3 is 5.97 Å². The topological polar surface area (TPSA) is 109 Å². The molecule has 26 heavy (non-hydrogen) atoms. The van der Waals surface area contributed by atoms with Gasteiger partial charge in [0.1, 0.15) is 5.69 Å². The lowest BCUT2D eigenvalue weighted by Gasteiger charge is -2.11. The van der Waals surface area contributed by atoms with Gasteiger partial charge < -0.3 is 20.7 Å². The fourth-order valence-corrected chi connectivity index (χ4v) is 2.12. The predicted molar refractivity (Wildman–Crippen MR) is 96.7 cm³/mol. The Bertz CT molecular complexity index is 790. The first-order valence-corrected chi connectivity index (χ1v) is 7.90. The summed E-state index contributed by atoms with van der Waals surface area (Å²) in [5.41, 5.74) is 2.05. The van der Waals surface area contributed by atoms with Crippen LogP contribution in [0.4, 0.5) is 11.4 Å². The summed E-state index contributed by atoms with van der Waals surface area (Å²) in [7, 11) is 1.32. The molecule has 0 fully saturated rings. The lowest BCUT2D eigenvalue weighted by Crippen LogP contribution is -2.23. The number of esters is 1. The van der Waals surface area contributed by atoms with Crippen LogP contribution in [0.15, 0.2) is 42.6 Å². The Labute approximate surface area is 151 Å². The molecule has 8 nitrogen and oxygen atoms in total. The number of carbonyl (C=O) groups is 3. The summed E-state index contributed by atoms with van der Waals surface area (Å²) in [6, 6.07) is 10.2. The molecule has 0 aliphatic rings. The number of aromatic nitrogens is 1. The van der Waals surface area contributed by atoms with Crippen molar-refractivity contribution < 1.29 is 19.1 Å². The van der Waals surface area contributed by atoms with E-state index in [-0.39, 0.29) is 24.1 Å². The molecule has 0 aliphatic carbocycles. The molecule has 0 radical (unpaired) electrons. The minimum Gasteiger partial charge on any atom is -0.468 e. The molecule has 8 heteroatoms. The third kappa shape index (κ3) is 5.67. The number of anilines is 2. The van der Waals surface area contributed by atoms with Crippen LogP contribution in [0.2, 0.25) is 0 Å². The zero-order chi connectivity index (χ0) is 18.9. The second-order valence-corrected chi connectivity index (χ2v) is 5.41. The molecule has 0 unspecified atom stereocenters. The number of nitrogens with one attached hydrogen (secondary N) is 3. The van der Waals surface area contributed by atoms with Gasteiger partial charge in [-0.05, 0) is 23.8 Å². The molecule has 2 rings (SSSR count). The fraction of sp³-hybridized carbons (Fsp3) is 0.222. The van der Waals surface area contributed by atoms with Gasteiger partial charge in [0.2, 0.25) is 5.91 Å². The summed E-state index contributed by atoms with van der Waals surface area (Å²) < 4.78 is 4.53. The quantitative estimate of drug-likeness (QED) is 0.650. The molecule has 1 heterocycles. The Kier molecular flexibility index (Phi) is 6.81. The number of rotatable bonds is 7. The third-order valence-corrected chi connectivity index (χ3v) is 3.37. The first-order valence-electron chi connectivity index (χ1n) is 7.90. The number of pyridine rings is 1. The van der Waals surface area contributed by atoms with Gasteiger partial charge in [0.15, 0.2) is 0 Å². The summed E-state index contributed by atoms with van der Waals surface area (Å²) in [6.45, 7) is 1.92. The van der Waals surface area contributed by atoms with E-state index in [0.29, 0.717) is 17.9 Å². The lowest BCUT2D eigenvalue weighted by molar-refractivity contribution is -0.139. The summed E-state index contributed by atoms with van der Waals surface area (Å²) in [4.78, 5) is 38.7. The minimum atomic E-state index is -0.392. The molecule has 1 aromatic carbocycles. The van der Waals surface area contributed by atoms with Gasteiger partial charge in [-0.1, -0.05) is 18.2 Å². The van der Waals surface area contributed by atoms with Gasteiger partial charge in [0.25, 0.3) is 5.91 Å². The SMILES string of the molecule is COC(=O)CNCc1ccc(C(=O)Nc2ccccc2NC(C)=O)nc1. The number of amides is 2. The standard InChI is InChI=1S/C18H20N4O4/c1-12(23)21-14-5-3-4-6-15(14)22-18(25)16-8-7-13(10-20-16)9-19-11-17(24)26-2/h3-8,10,19H,9,11H2,1-2H3,(H,21,23)(H,22,25). The molecule has 1 aromatic heterocycles. The van der Waals surface area contributed by atoms with Crippen molar-refractivity contribution >= 4 is 29.2 Å². The van der Waals surface area contributed by atoms with Crippen molar-refractivity contribution in [3.05, 3.63) is 53.9 Å². The van der Waals surface area contributed by atoms with Crippen LogP contribution in [0.5, 0.6) is 0 Å². The van der Waals surface area contributed by atoms with E-state index in [1.54, 1.807) is 42.6 Å². The van der Waals surface area contributed by atoms with Crippen molar-refractivity contribution in [3.63, 3.8) is 0 Å². The smallest absolute Gasteiger partial charge is 0.319 e. The fourth-order valence-electron chi connectivity index (χ4n) is 2.12. The Morgan fingerprint density at radius 3 is 2.31 bits per heavy atom. The van der Waals surface area contributed by atoms with Gasteiger partial charge in [-0.2, -0.15) is 0 Å². The van der Waals surface area contributed by atoms with Crippen LogP contribution in [-0.2, 0) is 20.9 Å². The summed E-state index contributed by atoms with van der Waals surface area (Å²) in [6.07, 6.45) is 1.55. The molecule has 0 bridgehead atoms. The van der Waals surface area contributed by atoms with E-state index in [0.717, 1.165) is 5.56 Å². The van der Waals surface area contributed by atoms with E-state index in [4.69, 9.17) is 0 Å². The van der Waals surface area contributed by atoms with Gasteiger partial charge in [-0.25, -0.2) is 0 Å². The van der Waals surface area contributed by atoms with Crippen molar-refractivity contribution in [2.45, 2.75) is 13.5 Å². The van der Waals surface area contributed by atoms with E-state index >= 15 is 0 Å². The highest BCUT2D eigenvalue weighted by molar-refractivity contribution is 6.06. The number of benzene rings is 1. The molecule has 136 valence electrons. The average molecular weight is 356 g/mol. The van der Waals surface area contributed by atoms with Gasteiger partial charge in [0, 0.05) is 19.7 Å². The summed E-state index contributed by atoms with van der Waals surface area (Å²) >= 11 is 0. The van der Waals surface area contributed by atoms with Gasteiger partial charge in [-0.3, -0.25) is 19.4 Å². The molecule has 0 atom stereocenters. The Morgan fingerprint density at radius 2 is 1.73 bits per heavy atom. The maximum atomic E-state index is 12.3. The van der Waals surface area contributed by atoms with Crippen molar-refractivity contribution in [3.8, 4) is 0 Å². The van der Waals surface area contributed by atoms with Crippen LogP contribution in [0.1, 0.15) is 23.0 Å². The Morgan fingerprint density at radius 1 is 1.04 bits per heavy atom. The normalized spacial score (nSPS) is 10.1. The molecule has 0 saturated heterocycles. The number of hydrogen-bond donors (Lipinski definition) is 3. The maximum absolute atomic E-state index is 12.3. The van der Waals surface area contributed by atoms with Crippen LogP contribution >= 0.6 is 0 Å². The van der Waals surface area contributed by atoms with Crippen LogP contribution in [-0.4, -0.2) is 36.4 Å². The van der Waals surface area contributed by atoms with Gasteiger partial charge in [0.05, 0.1) is 25.0 Å². The summed E-state index contributed by atoms with van der Waals surface area (Å²) in [5.74, 6) is -0.975. The zero-order valence-corrected chi connectivity index (χ0v) is 14.5. The molecule has 0 saturated carbocycles. The number of carbonyl (C=O) groups excluding carboxylic acids is 3. The highest BCUT2D eigenvalue weighted by Crippen LogP contribution is 2.21. The monoisotopic (exact) mass is 356 g/mol. The van der Waals surface area contributed by atoms with Crippen LogP contribution < -0.4 is 16.0 Å². The van der Waals surface area contributed by atoms with Crippen molar-refractivity contribution in [2.24, 2.45) is 0 Å². The Balaban J connectivity index is 1.98. The number of nitrogens with zero attached hydrogens (tertiary/aromatic N) is 1. The molecule has 3 N–H and O–H groups in total. The number of para-hydroxylation sites is 2. The molecule has 0 spiro atoms. The number of methoxy groups -OCH3 is 1. The molecular weight excluding hydrogens is 336 g/mol.